The second-order valence-corrected chi connectivity index (χ2v) is 20.6. The Morgan fingerprint density at radius 2 is 1.55 bits per heavy atom. The van der Waals surface area contributed by atoms with E-state index in [-0.39, 0.29) is 75.8 Å². The van der Waals surface area contributed by atoms with Gasteiger partial charge in [0.05, 0.1) is 29.6 Å². The molecule has 0 spiro atoms. The van der Waals surface area contributed by atoms with Crippen molar-refractivity contribution in [3.8, 4) is 0 Å². The molecular weight excluding hydrogens is 642 g/mol. The summed E-state index contributed by atoms with van der Waals surface area (Å²) in [5, 5.41) is 13.2. The second kappa shape index (κ2) is 12.1. The number of carboxylic acids is 1. The van der Waals surface area contributed by atoms with Gasteiger partial charge in [0.25, 0.3) is 0 Å². The molecule has 2 heterocycles. The van der Waals surface area contributed by atoms with Crippen LogP contribution in [-0.2, 0) is 28.7 Å². The third-order valence-corrected chi connectivity index (χ3v) is 16.8. The number of amides is 1. The van der Waals surface area contributed by atoms with E-state index in [9.17, 15) is 24.3 Å². The predicted octanol–water partition coefficient (Wildman–Crippen LogP) is 8.21. The van der Waals surface area contributed by atoms with Gasteiger partial charge in [0.15, 0.2) is 5.78 Å². The smallest absolute Gasteiger partial charge is 0.309 e. The van der Waals surface area contributed by atoms with Crippen molar-refractivity contribution >= 4 is 23.6 Å². The average molecular weight is 708 g/mol. The number of fused-ring (bicyclic) bond motifs is 9. The first-order valence-corrected chi connectivity index (χ1v) is 20.4. The Bertz CT molecular complexity index is 1520. The second-order valence-electron chi connectivity index (χ2n) is 20.6. The minimum Gasteiger partial charge on any atom is -0.481 e. The number of nitrogens with one attached hydrogen (secondary N) is 1. The molecule has 8 heteroatoms. The summed E-state index contributed by atoms with van der Waals surface area (Å²) < 4.78 is 12.2. The van der Waals surface area contributed by atoms with Gasteiger partial charge >= 0.3 is 11.9 Å². The lowest BCUT2D eigenvalue weighted by molar-refractivity contribution is -0.232. The Kier molecular flexibility index (Phi) is 8.84. The van der Waals surface area contributed by atoms with Crippen molar-refractivity contribution in [2.45, 2.75) is 176 Å². The summed E-state index contributed by atoms with van der Waals surface area (Å²) in [5.74, 6) is 0.163. The summed E-state index contributed by atoms with van der Waals surface area (Å²) in [4.78, 5) is 53.0. The quantitative estimate of drug-likeness (QED) is 0.256. The van der Waals surface area contributed by atoms with Crippen LogP contribution in [0.25, 0.3) is 0 Å². The van der Waals surface area contributed by atoms with Crippen LogP contribution in [0, 0.1) is 56.7 Å². The number of Topliss-reactive ketones (excluding diaryl/α,β-unsaturated/α-hetero) is 1. The standard InChI is InChI=1S/C43H65NO7/c1-24(2)34-29(45)22-43(44-36(47)25-20-26-10-11-27(21-25)50-26)19-18-41(8)28(35(34)43)12-13-31-40(7)16-15-32(51-33(46)23-38(3,4)37(48)49)39(5,6)30(40)14-17-42(31,41)9/h24-28,30-32H,10-23H2,1-9H3,(H,44,47)(H,48,49)/t25?,26?,27?,28?,30?,31?,32-,40-,41+,42+,43+/m0/s1. The average Bonchev–Trinajstić information content (AvgIpc) is 3.52. The van der Waals surface area contributed by atoms with E-state index in [0.29, 0.717) is 18.3 Å². The molecule has 2 aliphatic heterocycles. The topological polar surface area (TPSA) is 119 Å². The first-order valence-electron chi connectivity index (χ1n) is 20.4. The van der Waals surface area contributed by atoms with Gasteiger partial charge in [0.1, 0.15) is 6.10 Å². The molecule has 8 nitrogen and oxygen atoms in total. The molecule has 7 rings (SSSR count). The van der Waals surface area contributed by atoms with Crippen LogP contribution in [0.2, 0.25) is 0 Å². The molecule has 7 aliphatic rings. The minimum atomic E-state index is -1.16. The number of esters is 1. The highest BCUT2D eigenvalue weighted by molar-refractivity contribution is 6.02. The largest absolute Gasteiger partial charge is 0.481 e. The summed E-state index contributed by atoms with van der Waals surface area (Å²) in [6, 6.07) is 0. The van der Waals surface area contributed by atoms with E-state index in [2.05, 4.69) is 53.8 Å². The van der Waals surface area contributed by atoms with Crippen molar-refractivity contribution in [2.75, 3.05) is 0 Å². The van der Waals surface area contributed by atoms with Crippen LogP contribution in [0.4, 0.5) is 0 Å². The van der Waals surface area contributed by atoms with Crippen molar-refractivity contribution in [1.82, 2.24) is 5.32 Å². The fourth-order valence-electron chi connectivity index (χ4n) is 14.0. The van der Waals surface area contributed by atoms with Crippen LogP contribution in [0.15, 0.2) is 11.1 Å². The minimum absolute atomic E-state index is 0.00806. The van der Waals surface area contributed by atoms with E-state index in [1.807, 2.05) is 0 Å². The van der Waals surface area contributed by atoms with Crippen molar-refractivity contribution in [3.05, 3.63) is 11.1 Å². The summed E-state index contributed by atoms with van der Waals surface area (Å²) in [7, 11) is 0. The molecule has 1 amide bonds. The SMILES string of the molecule is CC(C)C1=C2C3CCC4[C@@]5(C)CC[C@H](OC(=O)CC(C)(C)C(=O)O)C(C)(C)C5CC[C@@]4(C)[C@]3(C)CC[C@@]2(NC(=O)C2CC3CCC(C2)O3)CC1=O. The maximum Gasteiger partial charge on any atom is 0.309 e. The maximum atomic E-state index is 14.1. The molecule has 2 saturated heterocycles. The van der Waals surface area contributed by atoms with E-state index in [4.69, 9.17) is 9.47 Å². The van der Waals surface area contributed by atoms with Crippen LogP contribution in [0.5, 0.6) is 0 Å². The highest BCUT2D eigenvalue weighted by atomic mass is 16.5. The number of hydrogen-bond acceptors (Lipinski definition) is 6. The number of carboxylic acid groups (broad SMARTS) is 1. The summed E-state index contributed by atoms with van der Waals surface area (Å²) in [6.45, 7) is 19.7. The molecule has 4 saturated carbocycles. The van der Waals surface area contributed by atoms with E-state index < -0.39 is 22.9 Å². The number of hydrogen-bond donors (Lipinski definition) is 2. The zero-order valence-electron chi connectivity index (χ0n) is 32.9. The molecule has 2 N–H and O–H groups in total. The van der Waals surface area contributed by atoms with Gasteiger partial charge < -0.3 is 19.9 Å². The Morgan fingerprint density at radius 3 is 2.18 bits per heavy atom. The van der Waals surface area contributed by atoms with Gasteiger partial charge in [-0.05, 0) is 142 Å². The van der Waals surface area contributed by atoms with E-state index in [0.717, 1.165) is 82.6 Å². The Balaban J connectivity index is 1.16. The number of allylic oxidation sites excluding steroid dienone is 1. The Hall–Kier alpha value is -2.22. The van der Waals surface area contributed by atoms with Crippen LogP contribution in [0.1, 0.15) is 152 Å². The fraction of sp³-hybridized carbons (Fsp3) is 0.860. The summed E-state index contributed by atoms with van der Waals surface area (Å²) in [6.07, 6.45) is 11.9. The van der Waals surface area contributed by atoms with E-state index in [1.54, 1.807) is 13.8 Å². The van der Waals surface area contributed by atoms with Gasteiger partial charge in [-0.25, -0.2) is 0 Å². The molecule has 51 heavy (non-hydrogen) atoms. The lowest BCUT2D eigenvalue weighted by atomic mass is 9.33. The number of carbonyl (C=O) groups excluding carboxylic acids is 3. The summed E-state index contributed by atoms with van der Waals surface area (Å²) in [5.41, 5.74) is 0.426. The monoisotopic (exact) mass is 707 g/mol. The van der Waals surface area contributed by atoms with E-state index >= 15 is 0 Å². The molecule has 2 bridgehead atoms. The molecule has 0 radical (unpaired) electrons. The number of rotatable bonds is 7. The van der Waals surface area contributed by atoms with Gasteiger partial charge in [0, 0.05) is 17.8 Å². The molecule has 0 aromatic heterocycles. The number of carbonyl (C=O) groups is 4. The zero-order valence-corrected chi connectivity index (χ0v) is 32.9. The zero-order chi connectivity index (χ0) is 37.1. The number of ketones is 1. The molecular formula is C43H65NO7. The first-order chi connectivity index (χ1) is 23.7. The summed E-state index contributed by atoms with van der Waals surface area (Å²) >= 11 is 0. The van der Waals surface area contributed by atoms with Gasteiger partial charge in [0.2, 0.25) is 5.91 Å². The third kappa shape index (κ3) is 5.51. The molecule has 5 unspecified atom stereocenters. The van der Waals surface area contributed by atoms with Crippen molar-refractivity contribution in [1.29, 1.82) is 0 Å². The van der Waals surface area contributed by atoms with Crippen LogP contribution < -0.4 is 5.32 Å². The number of aliphatic carboxylic acids is 1. The molecule has 0 aromatic rings. The molecule has 284 valence electrons. The van der Waals surface area contributed by atoms with E-state index in [1.165, 1.54) is 5.57 Å². The Morgan fingerprint density at radius 1 is 0.882 bits per heavy atom. The normalized spacial score (nSPS) is 44.3. The van der Waals surface area contributed by atoms with Gasteiger partial charge in [-0.3, -0.25) is 19.2 Å². The van der Waals surface area contributed by atoms with Crippen molar-refractivity contribution < 1.29 is 33.8 Å². The lowest BCUT2D eigenvalue weighted by Crippen LogP contribution is -2.67. The number of ether oxygens (including phenoxy) is 2. The Labute approximate surface area is 306 Å². The molecule has 0 aromatic carbocycles. The highest BCUT2D eigenvalue weighted by Gasteiger charge is 2.70. The predicted molar refractivity (Wildman–Crippen MR) is 194 cm³/mol. The van der Waals surface area contributed by atoms with Gasteiger partial charge in [-0.1, -0.05) is 48.5 Å². The van der Waals surface area contributed by atoms with Gasteiger partial charge in [-0.2, -0.15) is 0 Å². The molecule has 5 aliphatic carbocycles. The first kappa shape index (κ1) is 37.1. The maximum absolute atomic E-state index is 14.1. The van der Waals surface area contributed by atoms with Crippen molar-refractivity contribution in [2.24, 2.45) is 56.7 Å². The molecule has 10 atom stereocenters. The lowest BCUT2D eigenvalue weighted by Gasteiger charge is -2.72. The van der Waals surface area contributed by atoms with Crippen molar-refractivity contribution in [3.63, 3.8) is 0 Å². The van der Waals surface area contributed by atoms with Gasteiger partial charge in [-0.15, -0.1) is 0 Å². The van der Waals surface area contributed by atoms with Crippen LogP contribution in [0.3, 0.4) is 0 Å². The van der Waals surface area contributed by atoms with Crippen LogP contribution >= 0.6 is 0 Å². The highest BCUT2D eigenvalue weighted by Crippen LogP contribution is 2.76. The molecule has 6 fully saturated rings. The third-order valence-electron chi connectivity index (χ3n) is 16.8. The fourth-order valence-corrected chi connectivity index (χ4v) is 14.0. The van der Waals surface area contributed by atoms with Crippen LogP contribution in [-0.4, -0.2) is 52.6 Å².